The zero-order valence-corrected chi connectivity index (χ0v) is 28.7. The van der Waals surface area contributed by atoms with Gasteiger partial charge in [-0.15, -0.1) is 0 Å². The van der Waals surface area contributed by atoms with Crippen LogP contribution in [0.15, 0.2) is 58.4 Å². The van der Waals surface area contributed by atoms with E-state index in [1.165, 1.54) is 0 Å². The molecule has 0 spiro atoms. The molecule has 0 radical (unpaired) electrons. The molecule has 0 saturated heterocycles. The fourth-order valence-corrected chi connectivity index (χ4v) is 4.12. The summed E-state index contributed by atoms with van der Waals surface area (Å²) in [6.45, 7) is 15.5. The number of hydrogen-bond acceptors (Lipinski definition) is 8. The lowest BCUT2D eigenvalue weighted by molar-refractivity contribution is 0.243. The van der Waals surface area contributed by atoms with Gasteiger partial charge in [-0.1, -0.05) is 51.1 Å². The quantitative estimate of drug-likeness (QED) is 0.0771. The van der Waals surface area contributed by atoms with Gasteiger partial charge in [0.15, 0.2) is 5.96 Å². The van der Waals surface area contributed by atoms with Crippen LogP contribution in [0.1, 0.15) is 71.3 Å². The van der Waals surface area contributed by atoms with Gasteiger partial charge in [0, 0.05) is 36.8 Å². The molecule has 1 heterocycles. The predicted molar refractivity (Wildman–Crippen MR) is 191 cm³/mol. The fourth-order valence-electron chi connectivity index (χ4n) is 4.12. The monoisotopic (exact) mass is 650 g/mol. The molecule has 47 heavy (non-hydrogen) atoms. The number of H-pyrrole nitrogens is 1. The van der Waals surface area contributed by atoms with Crippen LogP contribution in [0.25, 0.3) is 11.1 Å². The minimum atomic E-state index is -0.309. The maximum Gasteiger partial charge on any atom is 0.319 e. The topological polar surface area (TPSA) is 225 Å². The highest BCUT2D eigenvalue weighted by molar-refractivity contribution is 5.91. The molecule has 0 saturated carbocycles. The van der Waals surface area contributed by atoms with Gasteiger partial charge in [-0.05, 0) is 75.5 Å². The highest BCUT2D eigenvalue weighted by Gasteiger charge is 2.18. The van der Waals surface area contributed by atoms with Crippen LogP contribution < -0.4 is 49.2 Å². The van der Waals surface area contributed by atoms with Gasteiger partial charge in [0.2, 0.25) is 0 Å². The van der Waals surface area contributed by atoms with E-state index in [2.05, 4.69) is 30.9 Å². The summed E-state index contributed by atoms with van der Waals surface area (Å²) in [6, 6.07) is 13.1. The molecule has 13 nitrogen and oxygen atoms in total. The molecular weight excluding hydrogens is 596 g/mol. The number of nitrogens with one attached hydrogen (secondary N) is 4. The number of nitrogens with zero attached hydrogens (tertiary/aromatic N) is 2. The summed E-state index contributed by atoms with van der Waals surface area (Å²) in [5.41, 5.74) is 25.1. The molecule has 12 N–H and O–H groups in total. The molecule has 0 aliphatic rings. The average Bonchev–Trinajstić information content (AvgIpc) is 2.99. The Morgan fingerprint density at radius 3 is 2.23 bits per heavy atom. The van der Waals surface area contributed by atoms with Gasteiger partial charge < -0.3 is 48.6 Å². The molecule has 1 aromatic heterocycles. The number of hydrogen-bond donors (Lipinski definition) is 8. The molecule has 0 aliphatic heterocycles. The van der Waals surface area contributed by atoms with Crippen molar-refractivity contribution in [3.63, 3.8) is 0 Å². The van der Waals surface area contributed by atoms with Crippen molar-refractivity contribution in [2.24, 2.45) is 27.9 Å². The number of anilines is 1. The molecule has 0 bridgehead atoms. The highest BCUT2D eigenvalue weighted by Crippen LogP contribution is 2.26. The van der Waals surface area contributed by atoms with Crippen LogP contribution in [0.5, 0.6) is 5.75 Å². The van der Waals surface area contributed by atoms with Crippen molar-refractivity contribution in [2.75, 3.05) is 31.6 Å². The third kappa shape index (κ3) is 14.7. The van der Waals surface area contributed by atoms with Crippen LogP contribution in [0.3, 0.4) is 0 Å². The maximum atomic E-state index is 12.4. The Morgan fingerprint density at radius 2 is 1.66 bits per heavy atom. The Bertz CT molecular complexity index is 1490. The minimum absolute atomic E-state index is 0.115. The molecule has 2 aromatic carbocycles. The molecule has 13 heteroatoms. The molecule has 258 valence electrons. The van der Waals surface area contributed by atoms with E-state index >= 15 is 0 Å². The number of aliphatic imine (C=N–C) groups is 1. The number of nitrogens with two attached hydrogens (primary N) is 4. The van der Waals surface area contributed by atoms with E-state index in [-0.39, 0.29) is 28.5 Å². The molecule has 0 unspecified atom stereocenters. The first-order valence-electron chi connectivity index (χ1n) is 15.8. The second-order valence-electron chi connectivity index (χ2n) is 13.1. The standard InChI is InChI=1S/C19H28N6O.C15H26N4O2/c1-19(2,3)17-24-12-15(16(26)25-17)14-7-5-13(6-8-14)11-22-9-4-10-23-18(20)21;1-15(2,3)19-14(20)18-12-9-11(10-17)5-6-13(12)21-8-4-7-16/h5-8,12,22H,4,9-11H2,1-3H3,(H4,20,21,23)(H,24,25,26);5-6,9H,4,7-8,10,16-17H2,1-3H3,(H2,18,19,20). The fraction of sp³-hybridized carbons (Fsp3) is 0.471. The minimum Gasteiger partial charge on any atom is -0.491 e. The number of amides is 2. The lowest BCUT2D eigenvalue weighted by Gasteiger charge is -2.21. The van der Waals surface area contributed by atoms with Crippen LogP contribution in [0, 0.1) is 0 Å². The normalized spacial score (nSPS) is 11.2. The Labute approximate surface area is 278 Å². The summed E-state index contributed by atoms with van der Waals surface area (Å²) in [7, 11) is 0. The molecule has 3 aromatic rings. The number of urea groups is 1. The number of carbonyl (C=O) groups excluding carboxylic acids is 1. The van der Waals surface area contributed by atoms with E-state index < -0.39 is 0 Å². The Hall–Kier alpha value is -4.46. The van der Waals surface area contributed by atoms with Gasteiger partial charge >= 0.3 is 6.03 Å². The van der Waals surface area contributed by atoms with Gasteiger partial charge in [-0.2, -0.15) is 0 Å². The summed E-state index contributed by atoms with van der Waals surface area (Å²) in [6.07, 6.45) is 3.28. The number of carbonyl (C=O) groups is 1. The second-order valence-corrected chi connectivity index (χ2v) is 13.1. The third-order valence-corrected chi connectivity index (χ3v) is 6.53. The van der Waals surface area contributed by atoms with Crippen molar-refractivity contribution < 1.29 is 9.53 Å². The van der Waals surface area contributed by atoms with Gasteiger partial charge in [0.1, 0.15) is 11.6 Å². The highest BCUT2D eigenvalue weighted by atomic mass is 16.5. The summed E-state index contributed by atoms with van der Waals surface area (Å²) < 4.78 is 5.64. The van der Waals surface area contributed by atoms with Gasteiger partial charge in [-0.3, -0.25) is 9.79 Å². The van der Waals surface area contributed by atoms with Gasteiger partial charge in [0.25, 0.3) is 5.56 Å². The Kier molecular flexibility index (Phi) is 15.3. The SMILES string of the molecule is CC(C)(C)NC(=O)Nc1cc(CN)ccc1OCCCN.CC(C)(C)c1ncc(-c2ccc(CNCCCN=C(N)N)cc2)c(=O)[nH]1. The second kappa shape index (κ2) is 18.6. The van der Waals surface area contributed by atoms with Crippen LogP contribution in [0.2, 0.25) is 0 Å². The lowest BCUT2D eigenvalue weighted by atomic mass is 9.95. The van der Waals surface area contributed by atoms with Crippen LogP contribution in [0.4, 0.5) is 10.5 Å². The van der Waals surface area contributed by atoms with Crippen molar-refractivity contribution in [3.05, 3.63) is 76.0 Å². The molecule has 0 fully saturated rings. The Morgan fingerprint density at radius 1 is 0.979 bits per heavy atom. The number of ether oxygens (including phenoxy) is 1. The van der Waals surface area contributed by atoms with Crippen molar-refractivity contribution in [3.8, 4) is 16.9 Å². The largest absolute Gasteiger partial charge is 0.491 e. The van der Waals surface area contributed by atoms with E-state index in [0.29, 0.717) is 49.1 Å². The maximum absolute atomic E-state index is 12.4. The van der Waals surface area contributed by atoms with Crippen LogP contribution in [-0.2, 0) is 18.5 Å². The van der Waals surface area contributed by atoms with Crippen LogP contribution >= 0.6 is 0 Å². The average molecular weight is 651 g/mol. The number of guanidine groups is 1. The van der Waals surface area contributed by atoms with Crippen molar-refractivity contribution in [1.29, 1.82) is 0 Å². The van der Waals surface area contributed by atoms with E-state index in [1.807, 2.05) is 84.0 Å². The van der Waals surface area contributed by atoms with Crippen LogP contribution in [-0.4, -0.2) is 53.7 Å². The van der Waals surface area contributed by atoms with E-state index in [0.717, 1.165) is 42.6 Å². The molecule has 0 aliphatic carbocycles. The predicted octanol–water partition coefficient (Wildman–Crippen LogP) is 3.28. The van der Waals surface area contributed by atoms with Crippen molar-refractivity contribution in [1.82, 2.24) is 20.6 Å². The third-order valence-electron chi connectivity index (χ3n) is 6.53. The summed E-state index contributed by atoms with van der Waals surface area (Å²) in [5, 5.41) is 8.99. The molecule has 2 amide bonds. The van der Waals surface area contributed by atoms with Crippen molar-refractivity contribution >= 4 is 17.7 Å². The zero-order valence-electron chi connectivity index (χ0n) is 28.7. The number of benzene rings is 2. The number of aromatic nitrogens is 2. The van der Waals surface area contributed by atoms with Crippen molar-refractivity contribution in [2.45, 2.75) is 78.4 Å². The van der Waals surface area contributed by atoms with E-state index in [9.17, 15) is 9.59 Å². The molecule has 3 rings (SSSR count). The lowest BCUT2D eigenvalue weighted by Crippen LogP contribution is -2.43. The van der Waals surface area contributed by atoms with Gasteiger partial charge in [0.05, 0.1) is 17.9 Å². The summed E-state index contributed by atoms with van der Waals surface area (Å²) in [5.74, 6) is 1.43. The summed E-state index contributed by atoms with van der Waals surface area (Å²) >= 11 is 0. The molecular formula is C34H54N10O3. The first kappa shape index (κ1) is 38.7. The Balaban J connectivity index is 0.000000335. The smallest absolute Gasteiger partial charge is 0.319 e. The van der Waals surface area contributed by atoms with Gasteiger partial charge in [-0.25, -0.2) is 9.78 Å². The summed E-state index contributed by atoms with van der Waals surface area (Å²) in [4.78, 5) is 35.6. The van der Waals surface area contributed by atoms with E-state index in [1.54, 1.807) is 6.20 Å². The number of rotatable bonds is 13. The molecule has 0 atom stereocenters. The van der Waals surface area contributed by atoms with E-state index in [4.69, 9.17) is 27.7 Å². The number of aromatic amines is 1. The zero-order chi connectivity index (χ0) is 35.0. The first-order valence-corrected chi connectivity index (χ1v) is 15.8. The first-order chi connectivity index (χ1) is 22.1.